The number of rotatable bonds is 4. The van der Waals surface area contributed by atoms with Crippen molar-refractivity contribution >= 4 is 10.0 Å². The van der Waals surface area contributed by atoms with Gasteiger partial charge in [-0.1, -0.05) is 6.42 Å². The van der Waals surface area contributed by atoms with Crippen LogP contribution in [0.4, 0.5) is 0 Å². The number of nitrogens with zero attached hydrogens (tertiary/aromatic N) is 2. The third-order valence-electron chi connectivity index (χ3n) is 2.71. The molecule has 1 aliphatic heterocycles. The maximum absolute atomic E-state index is 11.8. The molecule has 1 saturated heterocycles. The lowest BCUT2D eigenvalue weighted by Gasteiger charge is -2.23. The van der Waals surface area contributed by atoms with Crippen molar-refractivity contribution in [3.05, 3.63) is 18.5 Å². The first-order valence-corrected chi connectivity index (χ1v) is 7.17. The highest BCUT2D eigenvalue weighted by Crippen LogP contribution is 2.07. The number of aromatic nitrogens is 2. The zero-order valence-electron chi connectivity index (χ0n) is 9.46. The number of hydrogen-bond donors (Lipinski definition) is 2. The number of sulfonamides is 1. The standard InChI is InChI=1S/C10H16N4O2S/c15-17(16,10-12-6-3-7-13-10)14-8-9-4-1-2-5-11-9/h3,6-7,9,11,14H,1-2,4-5,8H2/t9-/m0/s1. The Morgan fingerprint density at radius 2 is 2.12 bits per heavy atom. The predicted molar refractivity (Wildman–Crippen MR) is 62.9 cm³/mol. The maximum atomic E-state index is 11.8. The van der Waals surface area contributed by atoms with Crippen LogP contribution in [0.3, 0.4) is 0 Å². The number of piperidine rings is 1. The molecule has 0 saturated carbocycles. The lowest BCUT2D eigenvalue weighted by atomic mass is 10.1. The van der Waals surface area contributed by atoms with E-state index < -0.39 is 10.0 Å². The van der Waals surface area contributed by atoms with Crippen LogP contribution >= 0.6 is 0 Å². The molecule has 6 nitrogen and oxygen atoms in total. The van der Waals surface area contributed by atoms with Crippen LogP contribution in [-0.2, 0) is 10.0 Å². The fraction of sp³-hybridized carbons (Fsp3) is 0.600. The summed E-state index contributed by atoms with van der Waals surface area (Å²) in [6, 6.07) is 1.80. The van der Waals surface area contributed by atoms with E-state index in [1.165, 1.54) is 12.4 Å². The van der Waals surface area contributed by atoms with Crippen LogP contribution in [0, 0.1) is 0 Å². The summed E-state index contributed by atoms with van der Waals surface area (Å²) in [4.78, 5) is 7.46. The first-order chi connectivity index (χ1) is 8.18. The first-order valence-electron chi connectivity index (χ1n) is 5.68. The molecule has 0 aromatic carbocycles. The van der Waals surface area contributed by atoms with Crippen LogP contribution < -0.4 is 10.0 Å². The molecule has 17 heavy (non-hydrogen) atoms. The van der Waals surface area contributed by atoms with E-state index in [2.05, 4.69) is 20.0 Å². The molecule has 0 aliphatic carbocycles. The minimum Gasteiger partial charge on any atom is -0.313 e. The summed E-state index contributed by atoms with van der Waals surface area (Å²) in [5.74, 6) is 0. The molecule has 94 valence electrons. The van der Waals surface area contributed by atoms with Crippen LogP contribution in [0.25, 0.3) is 0 Å². The van der Waals surface area contributed by atoms with E-state index in [-0.39, 0.29) is 11.2 Å². The van der Waals surface area contributed by atoms with E-state index in [0.29, 0.717) is 6.54 Å². The van der Waals surface area contributed by atoms with E-state index in [1.54, 1.807) is 6.07 Å². The molecule has 1 aromatic rings. The molecule has 0 spiro atoms. The van der Waals surface area contributed by atoms with Crippen molar-refractivity contribution in [2.45, 2.75) is 30.5 Å². The van der Waals surface area contributed by atoms with Crippen LogP contribution in [0.15, 0.2) is 23.6 Å². The van der Waals surface area contributed by atoms with Crippen molar-refractivity contribution in [2.75, 3.05) is 13.1 Å². The van der Waals surface area contributed by atoms with Crippen molar-refractivity contribution in [1.82, 2.24) is 20.0 Å². The maximum Gasteiger partial charge on any atom is 0.276 e. The summed E-state index contributed by atoms with van der Waals surface area (Å²) < 4.78 is 26.2. The molecule has 0 bridgehead atoms. The van der Waals surface area contributed by atoms with Gasteiger partial charge in [-0.3, -0.25) is 0 Å². The van der Waals surface area contributed by atoms with Crippen LogP contribution in [0.2, 0.25) is 0 Å². The predicted octanol–water partition coefficient (Wildman–Crippen LogP) is -0.103. The largest absolute Gasteiger partial charge is 0.313 e. The summed E-state index contributed by atoms with van der Waals surface area (Å²) in [7, 11) is -3.57. The zero-order valence-corrected chi connectivity index (χ0v) is 10.3. The van der Waals surface area contributed by atoms with Gasteiger partial charge in [0.15, 0.2) is 0 Å². The van der Waals surface area contributed by atoms with Crippen molar-refractivity contribution in [2.24, 2.45) is 0 Å². The van der Waals surface area contributed by atoms with Gasteiger partial charge in [0.2, 0.25) is 0 Å². The highest BCUT2D eigenvalue weighted by molar-refractivity contribution is 7.89. The summed E-state index contributed by atoms with van der Waals surface area (Å²) >= 11 is 0. The Labute approximate surface area is 101 Å². The quantitative estimate of drug-likeness (QED) is 0.735. The number of hydrogen-bond acceptors (Lipinski definition) is 5. The zero-order chi connectivity index (χ0) is 12.1. The molecule has 7 heteroatoms. The lowest BCUT2D eigenvalue weighted by Crippen LogP contribution is -2.43. The third-order valence-corrected chi connectivity index (χ3v) is 3.95. The van der Waals surface area contributed by atoms with E-state index in [4.69, 9.17) is 0 Å². The molecule has 0 radical (unpaired) electrons. The van der Waals surface area contributed by atoms with Crippen molar-refractivity contribution in [3.8, 4) is 0 Å². The monoisotopic (exact) mass is 256 g/mol. The van der Waals surface area contributed by atoms with E-state index in [0.717, 1.165) is 25.8 Å². The molecule has 0 amide bonds. The summed E-state index contributed by atoms with van der Waals surface area (Å²) in [6.45, 7) is 1.34. The van der Waals surface area contributed by atoms with Crippen molar-refractivity contribution < 1.29 is 8.42 Å². The van der Waals surface area contributed by atoms with Gasteiger partial charge in [-0.25, -0.2) is 23.1 Å². The van der Waals surface area contributed by atoms with Crippen molar-refractivity contribution in [1.29, 1.82) is 0 Å². The second kappa shape index (κ2) is 5.52. The Kier molecular flexibility index (Phi) is 4.03. The van der Waals surface area contributed by atoms with Gasteiger partial charge >= 0.3 is 0 Å². The SMILES string of the molecule is O=S(=O)(NC[C@@H]1CCCCN1)c1ncccn1. The number of nitrogens with one attached hydrogen (secondary N) is 2. The van der Waals surface area contributed by atoms with Gasteiger partial charge in [0.05, 0.1) is 0 Å². The second-order valence-electron chi connectivity index (χ2n) is 4.03. The Hall–Kier alpha value is -1.05. The van der Waals surface area contributed by atoms with Gasteiger partial charge in [0.25, 0.3) is 15.2 Å². The highest BCUT2D eigenvalue weighted by Gasteiger charge is 2.20. The molecule has 0 unspecified atom stereocenters. The van der Waals surface area contributed by atoms with Gasteiger partial charge in [0.1, 0.15) is 0 Å². The summed E-state index contributed by atoms with van der Waals surface area (Å²) in [5.41, 5.74) is 0. The molecule has 2 N–H and O–H groups in total. The summed E-state index contributed by atoms with van der Waals surface area (Å²) in [5, 5.41) is 3.10. The van der Waals surface area contributed by atoms with Gasteiger partial charge in [-0.2, -0.15) is 0 Å². The minimum absolute atomic E-state index is 0.171. The van der Waals surface area contributed by atoms with Crippen LogP contribution in [0.1, 0.15) is 19.3 Å². The average molecular weight is 256 g/mol. The summed E-state index contributed by atoms with van der Waals surface area (Å²) in [6.07, 6.45) is 6.13. The molecule has 1 atom stereocenters. The minimum atomic E-state index is -3.57. The van der Waals surface area contributed by atoms with Crippen LogP contribution in [0.5, 0.6) is 0 Å². The molecular formula is C10H16N4O2S. The van der Waals surface area contributed by atoms with E-state index >= 15 is 0 Å². The van der Waals surface area contributed by atoms with Crippen molar-refractivity contribution in [3.63, 3.8) is 0 Å². The van der Waals surface area contributed by atoms with Gasteiger partial charge in [0, 0.05) is 25.0 Å². The van der Waals surface area contributed by atoms with E-state index in [1.807, 2.05) is 0 Å². The van der Waals surface area contributed by atoms with E-state index in [9.17, 15) is 8.42 Å². The second-order valence-corrected chi connectivity index (χ2v) is 5.69. The fourth-order valence-corrected chi connectivity index (χ4v) is 2.75. The fourth-order valence-electron chi connectivity index (χ4n) is 1.80. The van der Waals surface area contributed by atoms with Crippen LogP contribution in [-0.4, -0.2) is 37.5 Å². The molecule has 1 aliphatic rings. The highest BCUT2D eigenvalue weighted by atomic mass is 32.2. The average Bonchev–Trinajstić information content (AvgIpc) is 2.39. The first kappa shape index (κ1) is 12.4. The smallest absolute Gasteiger partial charge is 0.276 e. The third kappa shape index (κ3) is 3.45. The molecule has 1 aromatic heterocycles. The normalized spacial score (nSPS) is 21.3. The molecule has 2 rings (SSSR count). The Bertz CT molecular complexity index is 443. The molecular weight excluding hydrogens is 240 g/mol. The Morgan fingerprint density at radius 3 is 2.76 bits per heavy atom. The Morgan fingerprint density at radius 1 is 1.35 bits per heavy atom. The van der Waals surface area contributed by atoms with Gasteiger partial charge < -0.3 is 5.32 Å². The van der Waals surface area contributed by atoms with Gasteiger partial charge in [-0.15, -0.1) is 0 Å². The lowest BCUT2D eigenvalue weighted by molar-refractivity contribution is 0.398. The molecule has 2 heterocycles. The molecule has 1 fully saturated rings. The van der Waals surface area contributed by atoms with Gasteiger partial charge in [-0.05, 0) is 25.5 Å². The Balaban J connectivity index is 1.94. The topological polar surface area (TPSA) is 84.0 Å².